The average molecular weight is 626 g/mol. The first-order chi connectivity index (χ1) is 21.4. The topological polar surface area (TPSA) is 87.1 Å². The molecule has 0 aliphatic rings. The Morgan fingerprint density at radius 2 is 1.73 bits per heavy atom. The summed E-state index contributed by atoms with van der Waals surface area (Å²) in [5.74, 6) is -2.46. The number of nitrogens with zero attached hydrogens (tertiary/aromatic N) is 5. The molecule has 8 nitrogen and oxygen atoms in total. The molecule has 5 aromatic rings. The Labute approximate surface area is 254 Å². The van der Waals surface area contributed by atoms with Gasteiger partial charge in [0, 0.05) is 24.0 Å². The van der Waals surface area contributed by atoms with E-state index in [4.69, 9.17) is 0 Å². The van der Waals surface area contributed by atoms with Crippen molar-refractivity contribution in [3.05, 3.63) is 137 Å². The van der Waals surface area contributed by atoms with Gasteiger partial charge in [-0.05, 0) is 53.8 Å². The van der Waals surface area contributed by atoms with Crippen molar-refractivity contribution in [3.8, 4) is 11.4 Å². The summed E-state index contributed by atoms with van der Waals surface area (Å²) in [7, 11) is 0. The molecule has 234 valence electrons. The molecule has 3 aromatic carbocycles. The van der Waals surface area contributed by atoms with Gasteiger partial charge in [-0.25, -0.2) is 23.2 Å². The third-order valence-electron chi connectivity index (χ3n) is 7.41. The second kappa shape index (κ2) is 12.9. The van der Waals surface area contributed by atoms with E-state index in [-0.39, 0.29) is 30.1 Å². The fourth-order valence-corrected chi connectivity index (χ4v) is 4.98. The molecule has 0 unspecified atom stereocenters. The van der Waals surface area contributed by atoms with Crippen LogP contribution in [0.15, 0.2) is 103 Å². The van der Waals surface area contributed by atoms with Crippen molar-refractivity contribution in [2.24, 2.45) is 5.92 Å². The minimum atomic E-state index is -4.78. The van der Waals surface area contributed by atoms with E-state index in [1.54, 1.807) is 43.6 Å². The van der Waals surface area contributed by atoms with E-state index in [0.29, 0.717) is 17.7 Å². The van der Waals surface area contributed by atoms with E-state index in [1.165, 1.54) is 56.8 Å². The standard InChI is InChI=1S/C32H28F5N5O3/c1-22(31(44,19-41-21-38-20-39-41)28-14-9-25(33)17-29(28)34)3-2-4-23-5-10-26(11-6-23)42-16-15-40(30(42)43)18-24-7-12-27(13-8-24)45-32(35,36)37/h2,4-17,20-22,44H,3,18-19H2,1H3/b4-2+/t22-,31+/m0/s1. The Bertz CT molecular complexity index is 1810. The van der Waals surface area contributed by atoms with Crippen molar-refractivity contribution < 1.29 is 31.8 Å². The Morgan fingerprint density at radius 1 is 1.00 bits per heavy atom. The van der Waals surface area contributed by atoms with Gasteiger partial charge in [-0.15, -0.1) is 13.2 Å². The summed E-state index contributed by atoms with van der Waals surface area (Å²) in [5.41, 5.74) is -0.0571. The van der Waals surface area contributed by atoms with Gasteiger partial charge < -0.3 is 9.84 Å². The number of ether oxygens (including phenoxy) is 1. The number of imidazole rings is 1. The molecule has 0 radical (unpaired) electrons. The van der Waals surface area contributed by atoms with Gasteiger partial charge in [0.05, 0.1) is 18.8 Å². The first kappa shape index (κ1) is 31.4. The molecule has 0 fully saturated rings. The summed E-state index contributed by atoms with van der Waals surface area (Å²) >= 11 is 0. The average Bonchev–Trinajstić information content (AvgIpc) is 3.63. The van der Waals surface area contributed by atoms with Crippen molar-refractivity contribution in [2.45, 2.75) is 38.4 Å². The molecule has 0 aliphatic heterocycles. The summed E-state index contributed by atoms with van der Waals surface area (Å²) in [5, 5.41) is 15.7. The van der Waals surface area contributed by atoms with Crippen molar-refractivity contribution in [2.75, 3.05) is 0 Å². The van der Waals surface area contributed by atoms with Crippen LogP contribution in [0.25, 0.3) is 11.8 Å². The number of halogens is 5. The number of aliphatic hydroxyl groups is 1. The molecule has 0 amide bonds. The van der Waals surface area contributed by atoms with E-state index in [1.807, 2.05) is 12.2 Å². The highest BCUT2D eigenvalue weighted by Gasteiger charge is 2.38. The molecule has 2 aromatic heterocycles. The van der Waals surface area contributed by atoms with Crippen LogP contribution in [0.2, 0.25) is 0 Å². The maximum Gasteiger partial charge on any atom is 0.573 e. The van der Waals surface area contributed by atoms with Crippen LogP contribution in [-0.4, -0.2) is 35.4 Å². The highest BCUT2D eigenvalue weighted by Crippen LogP contribution is 2.36. The Kier molecular flexibility index (Phi) is 9.00. The maximum atomic E-state index is 14.8. The van der Waals surface area contributed by atoms with E-state index >= 15 is 0 Å². The molecule has 45 heavy (non-hydrogen) atoms. The van der Waals surface area contributed by atoms with Gasteiger partial charge >= 0.3 is 12.1 Å². The minimum absolute atomic E-state index is 0.0467. The monoisotopic (exact) mass is 625 g/mol. The molecule has 0 spiro atoms. The van der Waals surface area contributed by atoms with E-state index in [9.17, 15) is 31.9 Å². The Balaban J connectivity index is 1.25. The van der Waals surface area contributed by atoms with Crippen molar-refractivity contribution >= 4 is 6.08 Å². The van der Waals surface area contributed by atoms with Crippen LogP contribution in [0.4, 0.5) is 22.0 Å². The number of allylic oxidation sites excluding steroid dienone is 1. The molecule has 0 aliphatic carbocycles. The van der Waals surface area contributed by atoms with Crippen molar-refractivity contribution in [1.29, 1.82) is 0 Å². The molecule has 5 rings (SSSR count). The third-order valence-corrected chi connectivity index (χ3v) is 7.41. The predicted molar refractivity (Wildman–Crippen MR) is 155 cm³/mol. The molecular weight excluding hydrogens is 597 g/mol. The van der Waals surface area contributed by atoms with Crippen LogP contribution in [0.3, 0.4) is 0 Å². The van der Waals surface area contributed by atoms with E-state index in [2.05, 4.69) is 14.8 Å². The van der Waals surface area contributed by atoms with Gasteiger partial charge in [-0.2, -0.15) is 5.10 Å². The van der Waals surface area contributed by atoms with Crippen molar-refractivity contribution in [1.82, 2.24) is 23.9 Å². The molecule has 0 bridgehead atoms. The van der Waals surface area contributed by atoms with E-state index in [0.717, 1.165) is 17.7 Å². The fraction of sp³-hybridized carbons (Fsp3) is 0.219. The van der Waals surface area contributed by atoms with Crippen LogP contribution < -0.4 is 10.4 Å². The largest absolute Gasteiger partial charge is 0.573 e. The van der Waals surface area contributed by atoms with Gasteiger partial charge in [0.1, 0.15) is 35.6 Å². The van der Waals surface area contributed by atoms with Crippen LogP contribution in [0.5, 0.6) is 5.75 Å². The second-order valence-electron chi connectivity index (χ2n) is 10.5. The lowest BCUT2D eigenvalue weighted by atomic mass is 9.80. The summed E-state index contributed by atoms with van der Waals surface area (Å²) in [6.07, 6.45) is 5.12. The molecule has 2 atom stereocenters. The third kappa shape index (κ3) is 7.55. The first-order valence-corrected chi connectivity index (χ1v) is 13.8. The summed E-state index contributed by atoms with van der Waals surface area (Å²) in [4.78, 5) is 16.9. The predicted octanol–water partition coefficient (Wildman–Crippen LogP) is 6.08. The Hall–Kier alpha value is -5.04. The normalized spacial score (nSPS) is 14.0. The molecule has 0 saturated heterocycles. The molecule has 13 heteroatoms. The fourth-order valence-electron chi connectivity index (χ4n) is 4.98. The van der Waals surface area contributed by atoms with Gasteiger partial charge in [-0.3, -0.25) is 9.13 Å². The lowest BCUT2D eigenvalue weighted by molar-refractivity contribution is -0.274. The smallest absolute Gasteiger partial charge is 0.406 e. The highest BCUT2D eigenvalue weighted by molar-refractivity contribution is 5.52. The molecular formula is C32H28F5N5O3. The lowest BCUT2D eigenvalue weighted by Gasteiger charge is -2.34. The number of alkyl halides is 3. The van der Waals surface area contributed by atoms with Crippen LogP contribution >= 0.6 is 0 Å². The number of benzene rings is 3. The summed E-state index contributed by atoms with van der Waals surface area (Å²) < 4.78 is 73.7. The van der Waals surface area contributed by atoms with Crippen LogP contribution in [0, 0.1) is 17.6 Å². The molecule has 2 heterocycles. The SMILES string of the molecule is C[C@@H](C/C=C/c1ccc(-n2ccn(Cc3ccc(OC(F)(F)F)cc3)c2=O)cc1)[C@](O)(Cn1cncn1)c1ccc(F)cc1F. The van der Waals surface area contributed by atoms with Gasteiger partial charge in [-0.1, -0.05) is 49.4 Å². The second-order valence-corrected chi connectivity index (χ2v) is 10.5. The van der Waals surface area contributed by atoms with Gasteiger partial charge in [0.2, 0.25) is 0 Å². The quantitative estimate of drug-likeness (QED) is 0.180. The highest BCUT2D eigenvalue weighted by atomic mass is 19.4. The summed E-state index contributed by atoms with van der Waals surface area (Å²) in [6.45, 7) is 1.82. The van der Waals surface area contributed by atoms with Crippen molar-refractivity contribution in [3.63, 3.8) is 0 Å². The van der Waals surface area contributed by atoms with Crippen LogP contribution in [0.1, 0.15) is 30.0 Å². The molecule has 1 N–H and O–H groups in total. The van der Waals surface area contributed by atoms with Gasteiger partial charge in [0.25, 0.3) is 0 Å². The van der Waals surface area contributed by atoms with Gasteiger partial charge in [0.15, 0.2) is 0 Å². The summed E-state index contributed by atoms with van der Waals surface area (Å²) in [6, 6.07) is 15.5. The Morgan fingerprint density at radius 3 is 2.38 bits per heavy atom. The zero-order valence-corrected chi connectivity index (χ0v) is 23.9. The zero-order valence-electron chi connectivity index (χ0n) is 23.9. The number of rotatable bonds is 11. The number of aromatic nitrogens is 5. The maximum absolute atomic E-state index is 14.8. The zero-order chi connectivity index (χ0) is 32.2. The number of hydrogen-bond acceptors (Lipinski definition) is 5. The first-order valence-electron chi connectivity index (χ1n) is 13.8. The number of hydrogen-bond donors (Lipinski definition) is 1. The van der Waals surface area contributed by atoms with Crippen LogP contribution in [-0.2, 0) is 18.7 Å². The minimum Gasteiger partial charge on any atom is -0.406 e. The lowest BCUT2D eigenvalue weighted by Crippen LogP contribution is -2.39. The van der Waals surface area contributed by atoms with E-state index < -0.39 is 29.5 Å². The molecule has 0 saturated carbocycles.